The highest BCUT2D eigenvalue weighted by Gasteiger charge is 2.20. The van der Waals surface area contributed by atoms with Gasteiger partial charge < -0.3 is 15.5 Å². The zero-order chi connectivity index (χ0) is 13.0. The molecule has 0 bridgehead atoms. The molecule has 0 aromatic heterocycles. The van der Waals surface area contributed by atoms with E-state index < -0.39 is 24.5 Å². The van der Waals surface area contributed by atoms with Gasteiger partial charge in [-0.2, -0.15) is 0 Å². The summed E-state index contributed by atoms with van der Waals surface area (Å²) in [5, 5.41) is 19.8. The number of aliphatic hydroxyl groups excluding tert-OH is 1. The molecule has 1 atom stereocenters. The monoisotopic (exact) mass is 237 g/mol. The summed E-state index contributed by atoms with van der Waals surface area (Å²) in [5.41, 5.74) is 2.17. The zero-order valence-electron chi connectivity index (χ0n) is 9.73. The second-order valence-corrected chi connectivity index (χ2v) is 3.79. The van der Waals surface area contributed by atoms with Gasteiger partial charge in [0.05, 0.1) is 6.61 Å². The van der Waals surface area contributed by atoms with Gasteiger partial charge in [0.2, 0.25) is 0 Å². The first-order chi connectivity index (χ1) is 7.97. The van der Waals surface area contributed by atoms with Gasteiger partial charge in [-0.15, -0.1) is 0 Å². The van der Waals surface area contributed by atoms with Crippen LogP contribution in [0.1, 0.15) is 21.5 Å². The molecule has 1 unspecified atom stereocenters. The fourth-order valence-electron chi connectivity index (χ4n) is 1.42. The van der Waals surface area contributed by atoms with Crippen LogP contribution in [0.15, 0.2) is 18.2 Å². The molecular formula is C12H15NO4. The summed E-state index contributed by atoms with van der Waals surface area (Å²) in [4.78, 5) is 22.5. The number of benzene rings is 1. The van der Waals surface area contributed by atoms with Crippen LogP contribution in [0, 0.1) is 13.8 Å². The third-order valence-electron chi connectivity index (χ3n) is 2.64. The first-order valence-electron chi connectivity index (χ1n) is 5.18. The van der Waals surface area contributed by atoms with Crippen LogP contribution in [-0.4, -0.2) is 34.7 Å². The molecule has 0 saturated heterocycles. The second-order valence-electron chi connectivity index (χ2n) is 3.79. The lowest BCUT2D eigenvalue weighted by Crippen LogP contribution is -2.43. The summed E-state index contributed by atoms with van der Waals surface area (Å²) in [6.45, 7) is 3.03. The highest BCUT2D eigenvalue weighted by molar-refractivity contribution is 5.98. The summed E-state index contributed by atoms with van der Waals surface area (Å²) in [5.74, 6) is -1.75. The number of aryl methyl sites for hydroxylation is 1. The second kappa shape index (κ2) is 5.45. The molecule has 3 N–H and O–H groups in total. The smallest absolute Gasteiger partial charge is 0.328 e. The van der Waals surface area contributed by atoms with E-state index in [-0.39, 0.29) is 0 Å². The summed E-state index contributed by atoms with van der Waals surface area (Å²) in [7, 11) is 0. The van der Waals surface area contributed by atoms with Crippen molar-refractivity contribution < 1.29 is 19.8 Å². The lowest BCUT2D eigenvalue weighted by atomic mass is 10.0. The van der Waals surface area contributed by atoms with Crippen molar-refractivity contribution in [2.45, 2.75) is 19.9 Å². The van der Waals surface area contributed by atoms with Gasteiger partial charge in [0.15, 0.2) is 6.04 Å². The van der Waals surface area contributed by atoms with Crippen molar-refractivity contribution in [3.8, 4) is 0 Å². The average Bonchev–Trinajstić information content (AvgIpc) is 2.28. The predicted molar refractivity (Wildman–Crippen MR) is 61.9 cm³/mol. The van der Waals surface area contributed by atoms with Crippen LogP contribution >= 0.6 is 0 Å². The van der Waals surface area contributed by atoms with Gasteiger partial charge in [-0.1, -0.05) is 12.1 Å². The Balaban J connectivity index is 2.90. The van der Waals surface area contributed by atoms with E-state index in [9.17, 15) is 9.59 Å². The molecule has 1 aromatic carbocycles. The molecule has 0 saturated carbocycles. The minimum atomic E-state index is -1.28. The Hall–Kier alpha value is -1.88. The Labute approximate surface area is 99.1 Å². The lowest BCUT2D eigenvalue weighted by molar-refractivity contribution is -0.140. The Morgan fingerprint density at radius 3 is 2.53 bits per heavy atom. The van der Waals surface area contributed by atoms with Gasteiger partial charge in [0.1, 0.15) is 0 Å². The Bertz CT molecular complexity index is 442. The van der Waals surface area contributed by atoms with E-state index in [1.807, 2.05) is 13.0 Å². The predicted octanol–water partition coefficient (Wildman–Crippen LogP) is 0.479. The van der Waals surface area contributed by atoms with Crippen LogP contribution in [0.4, 0.5) is 0 Å². The van der Waals surface area contributed by atoms with E-state index in [2.05, 4.69) is 5.32 Å². The standard InChI is InChI=1S/C12H15NO4/c1-7-4-3-5-9(8(7)2)11(15)13-10(6-14)12(16)17/h3-5,10,14H,6H2,1-2H3,(H,13,15)(H,16,17). The van der Waals surface area contributed by atoms with E-state index in [0.29, 0.717) is 5.56 Å². The number of aliphatic hydroxyl groups is 1. The zero-order valence-corrected chi connectivity index (χ0v) is 9.73. The number of carbonyl (C=O) groups excluding carboxylic acids is 1. The number of hydrogen-bond donors (Lipinski definition) is 3. The summed E-state index contributed by atoms with van der Waals surface area (Å²) < 4.78 is 0. The van der Waals surface area contributed by atoms with Crippen molar-refractivity contribution in [2.75, 3.05) is 6.61 Å². The van der Waals surface area contributed by atoms with Crippen LogP contribution in [-0.2, 0) is 4.79 Å². The lowest BCUT2D eigenvalue weighted by Gasteiger charge is -2.13. The molecular weight excluding hydrogens is 222 g/mol. The largest absolute Gasteiger partial charge is 0.480 e. The van der Waals surface area contributed by atoms with E-state index in [4.69, 9.17) is 10.2 Å². The van der Waals surface area contributed by atoms with Crippen molar-refractivity contribution in [3.63, 3.8) is 0 Å². The number of carboxylic acid groups (broad SMARTS) is 1. The molecule has 0 heterocycles. The molecule has 0 fully saturated rings. The normalized spacial score (nSPS) is 11.9. The molecule has 1 rings (SSSR count). The Morgan fingerprint density at radius 2 is 2.00 bits per heavy atom. The molecule has 5 heteroatoms. The van der Waals surface area contributed by atoms with Crippen molar-refractivity contribution in [2.24, 2.45) is 0 Å². The Morgan fingerprint density at radius 1 is 1.35 bits per heavy atom. The van der Waals surface area contributed by atoms with Crippen molar-refractivity contribution >= 4 is 11.9 Å². The molecule has 0 radical (unpaired) electrons. The molecule has 1 amide bonds. The van der Waals surface area contributed by atoms with Gasteiger partial charge in [0, 0.05) is 5.56 Å². The van der Waals surface area contributed by atoms with Crippen molar-refractivity contribution in [1.82, 2.24) is 5.32 Å². The number of nitrogens with one attached hydrogen (secondary N) is 1. The molecule has 92 valence electrons. The maximum Gasteiger partial charge on any atom is 0.328 e. The number of carbonyl (C=O) groups is 2. The summed E-state index contributed by atoms with van der Waals surface area (Å²) >= 11 is 0. The van der Waals surface area contributed by atoms with Crippen LogP contribution in [0.25, 0.3) is 0 Å². The van der Waals surface area contributed by atoms with E-state index >= 15 is 0 Å². The van der Waals surface area contributed by atoms with Gasteiger partial charge >= 0.3 is 5.97 Å². The minimum Gasteiger partial charge on any atom is -0.480 e. The van der Waals surface area contributed by atoms with E-state index in [1.54, 1.807) is 19.1 Å². The third kappa shape index (κ3) is 3.04. The number of aliphatic carboxylic acids is 1. The first-order valence-corrected chi connectivity index (χ1v) is 5.18. The number of hydrogen-bond acceptors (Lipinski definition) is 3. The van der Waals surface area contributed by atoms with Gasteiger partial charge in [0.25, 0.3) is 5.91 Å². The Kier molecular flexibility index (Phi) is 4.23. The molecule has 0 aliphatic rings. The quantitative estimate of drug-likeness (QED) is 0.710. The highest BCUT2D eigenvalue weighted by atomic mass is 16.4. The van der Waals surface area contributed by atoms with Crippen LogP contribution < -0.4 is 5.32 Å². The topological polar surface area (TPSA) is 86.6 Å². The average molecular weight is 237 g/mol. The SMILES string of the molecule is Cc1cccc(C(=O)NC(CO)C(=O)O)c1C. The fourth-order valence-corrected chi connectivity index (χ4v) is 1.42. The highest BCUT2D eigenvalue weighted by Crippen LogP contribution is 2.12. The molecule has 5 nitrogen and oxygen atoms in total. The van der Waals surface area contributed by atoms with Gasteiger partial charge in [-0.25, -0.2) is 4.79 Å². The molecule has 0 aliphatic carbocycles. The van der Waals surface area contributed by atoms with Gasteiger partial charge in [-0.3, -0.25) is 4.79 Å². The van der Waals surface area contributed by atoms with E-state index in [0.717, 1.165) is 11.1 Å². The van der Waals surface area contributed by atoms with Crippen molar-refractivity contribution in [3.05, 3.63) is 34.9 Å². The maximum atomic E-state index is 11.8. The number of amides is 1. The molecule has 0 spiro atoms. The van der Waals surface area contributed by atoms with Crippen LogP contribution in [0.3, 0.4) is 0 Å². The fraction of sp³-hybridized carbons (Fsp3) is 0.333. The molecule has 0 aliphatic heterocycles. The van der Waals surface area contributed by atoms with Crippen molar-refractivity contribution in [1.29, 1.82) is 0 Å². The number of rotatable bonds is 4. The maximum absolute atomic E-state index is 11.8. The van der Waals surface area contributed by atoms with Gasteiger partial charge in [-0.05, 0) is 31.0 Å². The summed E-state index contributed by atoms with van der Waals surface area (Å²) in [6.07, 6.45) is 0. The van der Waals surface area contributed by atoms with Crippen LogP contribution in [0.2, 0.25) is 0 Å². The minimum absolute atomic E-state index is 0.421. The first kappa shape index (κ1) is 13.2. The molecule has 17 heavy (non-hydrogen) atoms. The molecule has 1 aromatic rings. The third-order valence-corrected chi connectivity index (χ3v) is 2.64. The van der Waals surface area contributed by atoms with Crippen LogP contribution in [0.5, 0.6) is 0 Å². The summed E-state index contributed by atoms with van der Waals surface area (Å²) in [6, 6.07) is 3.94. The number of carboxylic acids is 1. The van der Waals surface area contributed by atoms with E-state index in [1.165, 1.54) is 0 Å².